The Kier molecular flexibility index (Phi) is 4.82. The Balaban J connectivity index is 1.52. The predicted octanol–water partition coefficient (Wildman–Crippen LogP) is 4.83. The smallest absolute Gasteiger partial charge is 0.0992 e. The first kappa shape index (κ1) is 17.2. The van der Waals surface area contributed by atoms with Gasteiger partial charge >= 0.3 is 0 Å². The molecular weight excluding hydrogens is 352 g/mol. The Hall–Kier alpha value is -3.23. The summed E-state index contributed by atoms with van der Waals surface area (Å²) < 4.78 is 2.14. The fourth-order valence-corrected chi connectivity index (χ4v) is 3.86. The zero-order chi connectivity index (χ0) is 18.6. The van der Waals surface area contributed by atoms with Gasteiger partial charge in [0.2, 0.25) is 0 Å². The average molecular weight is 370 g/mol. The van der Waals surface area contributed by atoms with Crippen LogP contribution in [0.15, 0.2) is 66.4 Å². The van der Waals surface area contributed by atoms with Crippen molar-refractivity contribution in [2.75, 3.05) is 0 Å². The Morgan fingerprint density at radius 1 is 1.11 bits per heavy atom. The number of hydrogen-bond donors (Lipinski definition) is 0. The van der Waals surface area contributed by atoms with Gasteiger partial charge in [-0.1, -0.05) is 36.4 Å². The van der Waals surface area contributed by atoms with Gasteiger partial charge in [-0.05, 0) is 30.2 Å². The maximum absolute atomic E-state index is 8.92. The minimum atomic E-state index is 0.677. The molecule has 5 heteroatoms. The average Bonchev–Trinajstić information content (AvgIpc) is 3.33. The Morgan fingerprint density at radius 2 is 1.93 bits per heavy atom. The van der Waals surface area contributed by atoms with E-state index in [2.05, 4.69) is 40.1 Å². The van der Waals surface area contributed by atoms with Gasteiger partial charge in [0.05, 0.1) is 28.7 Å². The number of hydrogen-bond acceptors (Lipinski definition) is 4. The normalized spacial score (nSPS) is 10.7. The van der Waals surface area contributed by atoms with Crippen molar-refractivity contribution in [3.8, 4) is 17.3 Å². The SMILES string of the molecule is Cc1ccccc1-c1csc(Cc2cncn2Cc2ccc(C#N)cc2)n1. The highest BCUT2D eigenvalue weighted by molar-refractivity contribution is 7.10. The van der Waals surface area contributed by atoms with Crippen molar-refractivity contribution >= 4 is 11.3 Å². The summed E-state index contributed by atoms with van der Waals surface area (Å²) in [4.78, 5) is 9.14. The van der Waals surface area contributed by atoms with E-state index in [1.54, 1.807) is 11.3 Å². The highest BCUT2D eigenvalue weighted by Gasteiger charge is 2.10. The van der Waals surface area contributed by atoms with Crippen molar-refractivity contribution in [1.29, 1.82) is 5.26 Å². The molecule has 0 aliphatic rings. The van der Waals surface area contributed by atoms with Gasteiger partial charge in [0.1, 0.15) is 0 Å². The van der Waals surface area contributed by atoms with E-state index in [0.29, 0.717) is 5.56 Å². The van der Waals surface area contributed by atoms with Crippen molar-refractivity contribution in [2.24, 2.45) is 0 Å². The molecule has 0 bridgehead atoms. The van der Waals surface area contributed by atoms with E-state index in [-0.39, 0.29) is 0 Å². The van der Waals surface area contributed by atoms with Gasteiger partial charge in [-0.2, -0.15) is 5.26 Å². The summed E-state index contributed by atoms with van der Waals surface area (Å²) in [7, 11) is 0. The molecule has 0 spiro atoms. The van der Waals surface area contributed by atoms with E-state index in [9.17, 15) is 0 Å². The summed E-state index contributed by atoms with van der Waals surface area (Å²) in [5.41, 5.74) is 6.41. The molecule has 2 aromatic heterocycles. The van der Waals surface area contributed by atoms with Crippen molar-refractivity contribution in [1.82, 2.24) is 14.5 Å². The number of thiazole rings is 1. The van der Waals surface area contributed by atoms with Gasteiger partial charge in [-0.15, -0.1) is 11.3 Å². The molecule has 0 atom stereocenters. The molecule has 0 fully saturated rings. The quantitative estimate of drug-likeness (QED) is 0.506. The Bertz CT molecular complexity index is 1100. The molecule has 0 unspecified atom stereocenters. The fourth-order valence-electron chi connectivity index (χ4n) is 3.05. The van der Waals surface area contributed by atoms with Crippen molar-refractivity contribution in [3.05, 3.63) is 93.8 Å². The van der Waals surface area contributed by atoms with Crippen molar-refractivity contribution in [3.63, 3.8) is 0 Å². The second-order valence-corrected chi connectivity index (χ2v) is 7.38. The maximum atomic E-state index is 8.92. The minimum absolute atomic E-state index is 0.677. The number of imidazole rings is 1. The predicted molar refractivity (Wildman–Crippen MR) is 108 cm³/mol. The van der Waals surface area contributed by atoms with Crippen LogP contribution in [0.1, 0.15) is 27.4 Å². The molecule has 132 valence electrons. The molecule has 0 amide bonds. The first-order valence-electron chi connectivity index (χ1n) is 8.71. The number of nitriles is 1. The molecule has 4 aromatic rings. The highest BCUT2D eigenvalue weighted by atomic mass is 32.1. The molecule has 0 aliphatic carbocycles. The topological polar surface area (TPSA) is 54.5 Å². The molecule has 2 aromatic carbocycles. The third-order valence-electron chi connectivity index (χ3n) is 4.54. The number of aryl methyl sites for hydroxylation is 1. The van der Waals surface area contributed by atoms with Crippen LogP contribution in [0.4, 0.5) is 0 Å². The van der Waals surface area contributed by atoms with E-state index >= 15 is 0 Å². The second-order valence-electron chi connectivity index (χ2n) is 6.44. The first-order chi connectivity index (χ1) is 13.2. The summed E-state index contributed by atoms with van der Waals surface area (Å²) in [5.74, 6) is 0. The van der Waals surface area contributed by atoms with E-state index in [1.807, 2.05) is 48.9 Å². The lowest BCUT2D eigenvalue weighted by Gasteiger charge is -2.07. The van der Waals surface area contributed by atoms with Gasteiger partial charge < -0.3 is 4.57 Å². The van der Waals surface area contributed by atoms with Gasteiger partial charge in [-0.3, -0.25) is 0 Å². The lowest BCUT2D eigenvalue weighted by molar-refractivity contribution is 0.752. The summed E-state index contributed by atoms with van der Waals surface area (Å²) in [6, 6.07) is 18.1. The van der Waals surface area contributed by atoms with Crippen LogP contribution >= 0.6 is 11.3 Å². The van der Waals surface area contributed by atoms with E-state index in [0.717, 1.165) is 34.9 Å². The van der Waals surface area contributed by atoms with Crippen molar-refractivity contribution < 1.29 is 0 Å². The highest BCUT2D eigenvalue weighted by Crippen LogP contribution is 2.26. The van der Waals surface area contributed by atoms with Crippen LogP contribution in [0.5, 0.6) is 0 Å². The van der Waals surface area contributed by atoms with Crippen molar-refractivity contribution in [2.45, 2.75) is 19.9 Å². The van der Waals surface area contributed by atoms with Crippen LogP contribution in [0.2, 0.25) is 0 Å². The molecule has 4 nitrogen and oxygen atoms in total. The van der Waals surface area contributed by atoms with Gasteiger partial charge in [-0.25, -0.2) is 9.97 Å². The van der Waals surface area contributed by atoms with Gasteiger partial charge in [0.25, 0.3) is 0 Å². The van der Waals surface area contributed by atoms with Crippen LogP contribution in [-0.2, 0) is 13.0 Å². The second kappa shape index (κ2) is 7.56. The largest absolute Gasteiger partial charge is 0.330 e. The summed E-state index contributed by atoms with van der Waals surface area (Å²) in [5, 5.41) is 12.1. The van der Waals surface area contributed by atoms with Gasteiger partial charge in [0, 0.05) is 35.8 Å². The number of nitrogens with zero attached hydrogens (tertiary/aromatic N) is 4. The Labute approximate surface area is 162 Å². The summed E-state index contributed by atoms with van der Waals surface area (Å²) >= 11 is 1.68. The molecule has 0 saturated carbocycles. The van der Waals surface area contributed by atoms with Crippen LogP contribution in [0.3, 0.4) is 0 Å². The standard InChI is InChI=1S/C22H18N4S/c1-16-4-2-3-5-20(16)21-14-27-22(25-21)10-19-12-24-15-26(19)13-18-8-6-17(11-23)7-9-18/h2-9,12,14-15H,10,13H2,1H3. The van der Waals surface area contributed by atoms with Crippen LogP contribution in [-0.4, -0.2) is 14.5 Å². The zero-order valence-electron chi connectivity index (χ0n) is 15.0. The zero-order valence-corrected chi connectivity index (χ0v) is 15.8. The molecule has 0 radical (unpaired) electrons. The monoisotopic (exact) mass is 370 g/mol. The van der Waals surface area contributed by atoms with Crippen LogP contribution in [0.25, 0.3) is 11.3 Å². The number of benzene rings is 2. The fraction of sp³-hybridized carbons (Fsp3) is 0.136. The number of aromatic nitrogens is 3. The molecule has 2 heterocycles. The third-order valence-corrected chi connectivity index (χ3v) is 5.39. The third kappa shape index (κ3) is 3.81. The maximum Gasteiger partial charge on any atom is 0.0992 e. The summed E-state index contributed by atoms with van der Waals surface area (Å²) in [6.07, 6.45) is 4.51. The van der Waals surface area contributed by atoms with E-state index < -0.39 is 0 Å². The lowest BCUT2D eigenvalue weighted by atomic mass is 10.1. The summed E-state index contributed by atoms with van der Waals surface area (Å²) in [6.45, 7) is 2.85. The molecule has 0 aliphatic heterocycles. The molecule has 0 N–H and O–H groups in total. The van der Waals surface area contributed by atoms with E-state index in [1.165, 1.54) is 11.1 Å². The number of rotatable bonds is 5. The Morgan fingerprint density at radius 3 is 2.70 bits per heavy atom. The molecule has 0 saturated heterocycles. The van der Waals surface area contributed by atoms with E-state index in [4.69, 9.17) is 10.2 Å². The molecule has 27 heavy (non-hydrogen) atoms. The van der Waals surface area contributed by atoms with Gasteiger partial charge in [0.15, 0.2) is 0 Å². The lowest BCUT2D eigenvalue weighted by Crippen LogP contribution is -2.04. The van der Waals surface area contributed by atoms with Crippen LogP contribution < -0.4 is 0 Å². The minimum Gasteiger partial charge on any atom is -0.330 e. The molecular formula is C22H18N4S. The molecule has 4 rings (SSSR count). The first-order valence-corrected chi connectivity index (χ1v) is 9.59. The van der Waals surface area contributed by atoms with Crippen LogP contribution in [0, 0.1) is 18.3 Å².